The molecule has 0 radical (unpaired) electrons. The molecule has 19 heavy (non-hydrogen) atoms. The first-order valence-electron chi connectivity index (χ1n) is 6.72. The minimum absolute atomic E-state index is 0.313. The number of sulfonamides is 1. The standard InChI is InChI=1S/C12H20N4O2S/c1-9-12(7-13-14-9)19(17,18)16-6-5-10-3-4-11(8-16)15(10)2/h7,10-11H,3-6,8H2,1-2H3,(H,13,14). The van der Waals surface area contributed by atoms with Gasteiger partial charge in [0.15, 0.2) is 0 Å². The van der Waals surface area contributed by atoms with Gasteiger partial charge in [0.05, 0.1) is 11.9 Å². The first kappa shape index (κ1) is 13.1. The average Bonchev–Trinajstić information content (AvgIpc) is 2.84. The minimum Gasteiger partial charge on any atom is -0.299 e. The maximum absolute atomic E-state index is 12.7. The molecule has 6 nitrogen and oxygen atoms in total. The van der Waals surface area contributed by atoms with E-state index in [4.69, 9.17) is 0 Å². The van der Waals surface area contributed by atoms with Crippen molar-refractivity contribution >= 4 is 10.0 Å². The lowest BCUT2D eigenvalue weighted by Gasteiger charge is -2.25. The van der Waals surface area contributed by atoms with Gasteiger partial charge in [-0.2, -0.15) is 9.40 Å². The molecular weight excluding hydrogens is 264 g/mol. The number of rotatable bonds is 2. The molecule has 2 aliphatic rings. The molecule has 0 spiro atoms. The highest BCUT2D eigenvalue weighted by Gasteiger charge is 2.39. The quantitative estimate of drug-likeness (QED) is 0.862. The molecule has 0 saturated carbocycles. The fourth-order valence-corrected chi connectivity index (χ4v) is 4.85. The molecular formula is C12H20N4O2S. The summed E-state index contributed by atoms with van der Waals surface area (Å²) >= 11 is 0. The number of nitrogens with zero attached hydrogens (tertiary/aromatic N) is 3. The van der Waals surface area contributed by atoms with E-state index in [1.165, 1.54) is 12.6 Å². The van der Waals surface area contributed by atoms with Crippen LogP contribution < -0.4 is 0 Å². The van der Waals surface area contributed by atoms with Crippen molar-refractivity contribution in [3.05, 3.63) is 11.9 Å². The van der Waals surface area contributed by atoms with Crippen molar-refractivity contribution in [2.24, 2.45) is 0 Å². The third-order valence-electron chi connectivity index (χ3n) is 4.51. The Morgan fingerprint density at radius 3 is 2.74 bits per heavy atom. The summed E-state index contributed by atoms with van der Waals surface area (Å²) in [5, 5.41) is 6.53. The van der Waals surface area contributed by atoms with Crippen molar-refractivity contribution in [2.45, 2.75) is 43.2 Å². The van der Waals surface area contributed by atoms with Crippen molar-refractivity contribution in [1.82, 2.24) is 19.4 Å². The molecule has 0 aliphatic carbocycles. The first-order valence-corrected chi connectivity index (χ1v) is 8.16. The molecule has 2 fully saturated rings. The summed E-state index contributed by atoms with van der Waals surface area (Å²) in [5.74, 6) is 0. The summed E-state index contributed by atoms with van der Waals surface area (Å²) in [7, 11) is -1.29. The summed E-state index contributed by atoms with van der Waals surface area (Å²) < 4.78 is 26.9. The van der Waals surface area contributed by atoms with Crippen LogP contribution in [-0.2, 0) is 10.0 Å². The molecule has 2 bridgehead atoms. The second kappa shape index (κ2) is 4.57. The summed E-state index contributed by atoms with van der Waals surface area (Å²) in [6.07, 6.45) is 4.62. The lowest BCUT2D eigenvalue weighted by molar-refractivity contribution is 0.246. The molecule has 3 heterocycles. The number of aromatic nitrogens is 2. The molecule has 0 amide bonds. The van der Waals surface area contributed by atoms with Crippen LogP contribution >= 0.6 is 0 Å². The van der Waals surface area contributed by atoms with Gasteiger partial charge in [0, 0.05) is 25.2 Å². The lowest BCUT2D eigenvalue weighted by Crippen LogP contribution is -2.39. The monoisotopic (exact) mass is 284 g/mol. The normalized spacial score (nSPS) is 29.6. The van der Waals surface area contributed by atoms with Crippen molar-refractivity contribution < 1.29 is 8.42 Å². The molecule has 2 saturated heterocycles. The number of likely N-dealkylation sites (N-methyl/N-ethyl adjacent to an activating group) is 1. The van der Waals surface area contributed by atoms with E-state index in [1.54, 1.807) is 11.2 Å². The van der Waals surface area contributed by atoms with Crippen LogP contribution in [-0.4, -0.2) is 60.0 Å². The van der Waals surface area contributed by atoms with Gasteiger partial charge in [-0.1, -0.05) is 0 Å². The Morgan fingerprint density at radius 1 is 1.32 bits per heavy atom. The topological polar surface area (TPSA) is 69.3 Å². The van der Waals surface area contributed by atoms with Gasteiger partial charge in [-0.15, -0.1) is 0 Å². The SMILES string of the molecule is Cc1[nH]ncc1S(=O)(=O)N1CCC2CCC(C1)N2C. The Balaban J connectivity index is 1.89. The van der Waals surface area contributed by atoms with Crippen molar-refractivity contribution in [1.29, 1.82) is 0 Å². The third kappa shape index (κ3) is 2.09. The number of aromatic amines is 1. The summed E-state index contributed by atoms with van der Waals surface area (Å²) in [5.41, 5.74) is 0.614. The van der Waals surface area contributed by atoms with Crippen LogP contribution in [0.2, 0.25) is 0 Å². The van der Waals surface area contributed by atoms with E-state index < -0.39 is 10.0 Å². The second-order valence-electron chi connectivity index (χ2n) is 5.56. The Kier molecular flexibility index (Phi) is 3.15. The smallest absolute Gasteiger partial charge is 0.246 e. The van der Waals surface area contributed by atoms with Gasteiger partial charge >= 0.3 is 0 Å². The van der Waals surface area contributed by atoms with Crippen LogP contribution in [0.15, 0.2) is 11.1 Å². The van der Waals surface area contributed by atoms with Gasteiger partial charge < -0.3 is 0 Å². The molecule has 106 valence electrons. The number of H-pyrrole nitrogens is 1. The number of fused-ring (bicyclic) bond motifs is 2. The Labute approximate surface area is 113 Å². The average molecular weight is 284 g/mol. The van der Waals surface area contributed by atoms with E-state index in [2.05, 4.69) is 22.1 Å². The Hall–Kier alpha value is -0.920. The number of hydrogen-bond acceptors (Lipinski definition) is 4. The highest BCUT2D eigenvalue weighted by Crippen LogP contribution is 2.31. The zero-order chi connectivity index (χ0) is 13.6. The van der Waals surface area contributed by atoms with E-state index in [1.807, 2.05) is 0 Å². The summed E-state index contributed by atoms with van der Waals surface area (Å²) in [6, 6.07) is 0.894. The van der Waals surface area contributed by atoms with E-state index in [0.717, 1.165) is 12.8 Å². The molecule has 2 unspecified atom stereocenters. The predicted octanol–water partition coefficient (Wildman–Crippen LogP) is 0.575. The van der Waals surface area contributed by atoms with Gasteiger partial charge in [0.25, 0.3) is 0 Å². The van der Waals surface area contributed by atoms with Crippen molar-refractivity contribution in [3.63, 3.8) is 0 Å². The van der Waals surface area contributed by atoms with Gasteiger partial charge in [-0.3, -0.25) is 10.00 Å². The predicted molar refractivity (Wildman–Crippen MR) is 71.3 cm³/mol. The Bertz CT molecular complexity index is 568. The second-order valence-corrected chi connectivity index (χ2v) is 7.47. The van der Waals surface area contributed by atoms with Crippen LogP contribution in [0.4, 0.5) is 0 Å². The summed E-state index contributed by atoms with van der Waals surface area (Å²) in [6.45, 7) is 2.95. The number of nitrogens with one attached hydrogen (secondary N) is 1. The zero-order valence-electron chi connectivity index (χ0n) is 11.3. The van der Waals surface area contributed by atoms with Gasteiger partial charge in [0.1, 0.15) is 4.90 Å². The molecule has 0 aromatic carbocycles. The molecule has 1 aromatic rings. The van der Waals surface area contributed by atoms with Crippen molar-refractivity contribution in [3.8, 4) is 0 Å². The fraction of sp³-hybridized carbons (Fsp3) is 0.750. The molecule has 3 rings (SSSR count). The zero-order valence-corrected chi connectivity index (χ0v) is 12.2. The number of hydrogen-bond donors (Lipinski definition) is 1. The van der Waals surface area contributed by atoms with Crippen LogP contribution in [0.3, 0.4) is 0 Å². The molecule has 1 N–H and O–H groups in total. The largest absolute Gasteiger partial charge is 0.299 e. The highest BCUT2D eigenvalue weighted by atomic mass is 32.2. The molecule has 2 atom stereocenters. The number of aryl methyl sites for hydroxylation is 1. The van der Waals surface area contributed by atoms with E-state index in [-0.39, 0.29) is 0 Å². The molecule has 1 aromatic heterocycles. The minimum atomic E-state index is -3.41. The fourth-order valence-electron chi connectivity index (χ4n) is 3.23. The highest BCUT2D eigenvalue weighted by molar-refractivity contribution is 7.89. The van der Waals surface area contributed by atoms with E-state index in [9.17, 15) is 8.42 Å². The Morgan fingerprint density at radius 2 is 2.05 bits per heavy atom. The van der Waals surface area contributed by atoms with Crippen LogP contribution in [0.1, 0.15) is 25.0 Å². The van der Waals surface area contributed by atoms with Crippen LogP contribution in [0.5, 0.6) is 0 Å². The first-order chi connectivity index (χ1) is 9.00. The van der Waals surface area contributed by atoms with Gasteiger partial charge in [-0.05, 0) is 33.2 Å². The van der Waals surface area contributed by atoms with Crippen molar-refractivity contribution in [2.75, 3.05) is 20.1 Å². The summed E-state index contributed by atoms with van der Waals surface area (Å²) in [4.78, 5) is 2.66. The molecule has 7 heteroatoms. The van der Waals surface area contributed by atoms with Crippen LogP contribution in [0, 0.1) is 6.92 Å². The third-order valence-corrected chi connectivity index (χ3v) is 6.49. The van der Waals surface area contributed by atoms with E-state index >= 15 is 0 Å². The molecule has 2 aliphatic heterocycles. The van der Waals surface area contributed by atoms with Gasteiger partial charge in [0.2, 0.25) is 10.0 Å². The maximum Gasteiger partial charge on any atom is 0.246 e. The van der Waals surface area contributed by atoms with Gasteiger partial charge in [-0.25, -0.2) is 8.42 Å². The lowest BCUT2D eigenvalue weighted by atomic mass is 10.1. The van der Waals surface area contributed by atoms with Crippen LogP contribution in [0.25, 0.3) is 0 Å². The van der Waals surface area contributed by atoms with E-state index in [0.29, 0.717) is 35.8 Å². The maximum atomic E-state index is 12.7.